The fraction of sp³-hybridized carbons (Fsp3) is 0.571. The molecule has 0 spiro atoms. The van der Waals surface area contributed by atoms with Gasteiger partial charge < -0.3 is 9.84 Å². The van der Waals surface area contributed by atoms with Crippen LogP contribution in [-0.2, 0) is 21.4 Å². The van der Waals surface area contributed by atoms with Crippen LogP contribution >= 0.6 is 0 Å². The van der Waals surface area contributed by atoms with Crippen molar-refractivity contribution >= 4 is 10.0 Å². The van der Waals surface area contributed by atoms with E-state index in [2.05, 4.69) is 4.72 Å². The van der Waals surface area contributed by atoms with Gasteiger partial charge >= 0.3 is 0 Å². The second kappa shape index (κ2) is 5.44. The monoisotopic (exact) mass is 299 g/mol. The summed E-state index contributed by atoms with van der Waals surface area (Å²) in [5, 5.41) is 9.08. The summed E-state index contributed by atoms with van der Waals surface area (Å²) in [6.45, 7) is 3.80. The number of hydrogen-bond acceptors (Lipinski definition) is 4. The standard InChI is InChI=1S/C14H21NO4S/c1-14(2)12(8-13(14)19-3)15-20(17,18)11-6-4-5-10(7-11)9-16/h4-7,12-13,15-16H,8-9H2,1-3H3. The number of methoxy groups -OCH3 is 1. The lowest BCUT2D eigenvalue weighted by Crippen LogP contribution is -2.61. The minimum Gasteiger partial charge on any atom is -0.392 e. The van der Waals surface area contributed by atoms with Crippen LogP contribution in [0, 0.1) is 5.41 Å². The highest BCUT2D eigenvalue weighted by Gasteiger charge is 2.50. The van der Waals surface area contributed by atoms with Crippen molar-refractivity contribution in [1.29, 1.82) is 0 Å². The molecular weight excluding hydrogens is 278 g/mol. The summed E-state index contributed by atoms with van der Waals surface area (Å²) >= 11 is 0. The molecule has 0 aliphatic heterocycles. The molecule has 0 saturated heterocycles. The largest absolute Gasteiger partial charge is 0.392 e. The Bertz CT molecular complexity index is 583. The van der Waals surface area contributed by atoms with Gasteiger partial charge in [0.15, 0.2) is 0 Å². The average Bonchev–Trinajstić information content (AvgIpc) is 2.43. The maximum absolute atomic E-state index is 12.4. The molecule has 0 heterocycles. The molecule has 1 aromatic rings. The molecule has 2 rings (SSSR count). The molecule has 1 aromatic carbocycles. The first kappa shape index (κ1) is 15.4. The fourth-order valence-corrected chi connectivity index (χ4v) is 4.03. The van der Waals surface area contributed by atoms with Gasteiger partial charge in [-0.15, -0.1) is 0 Å². The van der Waals surface area contributed by atoms with Crippen molar-refractivity contribution in [2.24, 2.45) is 5.41 Å². The van der Waals surface area contributed by atoms with E-state index in [0.717, 1.165) is 0 Å². The maximum atomic E-state index is 12.4. The second-order valence-electron chi connectivity index (χ2n) is 5.76. The molecule has 2 unspecified atom stereocenters. The van der Waals surface area contributed by atoms with Gasteiger partial charge in [0.2, 0.25) is 10.0 Å². The highest BCUT2D eigenvalue weighted by atomic mass is 32.2. The molecule has 2 N–H and O–H groups in total. The number of aliphatic hydroxyl groups excluding tert-OH is 1. The first-order valence-electron chi connectivity index (χ1n) is 6.56. The van der Waals surface area contributed by atoms with Gasteiger partial charge in [-0.25, -0.2) is 13.1 Å². The van der Waals surface area contributed by atoms with Crippen LogP contribution in [0.15, 0.2) is 29.2 Å². The molecule has 0 bridgehead atoms. The van der Waals surface area contributed by atoms with E-state index in [1.54, 1.807) is 19.2 Å². The molecule has 112 valence electrons. The van der Waals surface area contributed by atoms with E-state index in [-0.39, 0.29) is 29.1 Å². The van der Waals surface area contributed by atoms with Crippen LogP contribution in [0.3, 0.4) is 0 Å². The van der Waals surface area contributed by atoms with E-state index in [1.807, 2.05) is 13.8 Å². The van der Waals surface area contributed by atoms with Gasteiger partial charge in [0.25, 0.3) is 0 Å². The SMILES string of the molecule is COC1CC(NS(=O)(=O)c2cccc(CO)c2)C1(C)C. The molecule has 20 heavy (non-hydrogen) atoms. The number of rotatable bonds is 5. The van der Waals surface area contributed by atoms with Crippen molar-refractivity contribution in [1.82, 2.24) is 4.72 Å². The molecule has 1 aliphatic carbocycles. The Hall–Kier alpha value is -0.950. The van der Waals surface area contributed by atoms with Gasteiger partial charge in [0, 0.05) is 18.6 Å². The zero-order valence-corrected chi connectivity index (χ0v) is 12.8. The van der Waals surface area contributed by atoms with E-state index in [0.29, 0.717) is 12.0 Å². The van der Waals surface area contributed by atoms with Gasteiger partial charge in [0.1, 0.15) is 0 Å². The lowest BCUT2D eigenvalue weighted by atomic mass is 9.65. The van der Waals surface area contributed by atoms with E-state index in [1.165, 1.54) is 12.1 Å². The van der Waals surface area contributed by atoms with Crippen LogP contribution in [0.1, 0.15) is 25.8 Å². The number of hydrogen-bond donors (Lipinski definition) is 2. The maximum Gasteiger partial charge on any atom is 0.240 e. The Kier molecular flexibility index (Phi) is 4.20. The van der Waals surface area contributed by atoms with Gasteiger partial charge in [-0.3, -0.25) is 0 Å². The Balaban J connectivity index is 2.16. The topological polar surface area (TPSA) is 75.6 Å². The summed E-state index contributed by atoms with van der Waals surface area (Å²) in [5.74, 6) is 0. The number of nitrogens with one attached hydrogen (secondary N) is 1. The van der Waals surface area contributed by atoms with Crippen molar-refractivity contribution in [3.05, 3.63) is 29.8 Å². The minimum atomic E-state index is -3.57. The molecule has 0 radical (unpaired) electrons. The molecule has 1 saturated carbocycles. The van der Waals surface area contributed by atoms with Crippen LogP contribution in [0.4, 0.5) is 0 Å². The van der Waals surface area contributed by atoms with Crippen molar-refractivity contribution < 1.29 is 18.3 Å². The Morgan fingerprint density at radius 1 is 1.45 bits per heavy atom. The number of aliphatic hydroxyl groups is 1. The Morgan fingerprint density at radius 3 is 2.70 bits per heavy atom. The second-order valence-corrected chi connectivity index (χ2v) is 7.47. The molecule has 5 nitrogen and oxygen atoms in total. The van der Waals surface area contributed by atoms with Crippen LogP contribution in [0.25, 0.3) is 0 Å². The summed E-state index contributed by atoms with van der Waals surface area (Å²) < 4.78 is 32.8. The molecule has 1 aliphatic rings. The summed E-state index contributed by atoms with van der Waals surface area (Å²) in [5.41, 5.74) is 0.353. The molecule has 0 amide bonds. The Labute approximate surface area is 120 Å². The highest BCUT2D eigenvalue weighted by molar-refractivity contribution is 7.89. The van der Waals surface area contributed by atoms with Crippen LogP contribution in [0.2, 0.25) is 0 Å². The molecule has 2 atom stereocenters. The summed E-state index contributed by atoms with van der Waals surface area (Å²) in [6.07, 6.45) is 0.738. The molecular formula is C14H21NO4S. The van der Waals surface area contributed by atoms with E-state index in [4.69, 9.17) is 9.84 Å². The predicted octanol–water partition coefficient (Wildman–Crippen LogP) is 1.27. The van der Waals surface area contributed by atoms with Crippen molar-refractivity contribution in [3.63, 3.8) is 0 Å². The number of sulfonamides is 1. The normalized spacial score (nSPS) is 25.2. The number of benzene rings is 1. The van der Waals surface area contributed by atoms with Gasteiger partial charge in [0.05, 0.1) is 17.6 Å². The summed E-state index contributed by atoms with van der Waals surface area (Å²) in [7, 11) is -1.93. The predicted molar refractivity (Wildman–Crippen MR) is 75.7 cm³/mol. The summed E-state index contributed by atoms with van der Waals surface area (Å²) in [4.78, 5) is 0.181. The molecule has 1 fully saturated rings. The third-order valence-corrected chi connectivity index (χ3v) is 5.62. The third-order valence-electron chi connectivity index (χ3n) is 4.15. The quantitative estimate of drug-likeness (QED) is 0.858. The van der Waals surface area contributed by atoms with Crippen LogP contribution in [-0.4, -0.2) is 32.8 Å². The van der Waals surface area contributed by atoms with E-state index < -0.39 is 10.0 Å². The van der Waals surface area contributed by atoms with Crippen molar-refractivity contribution in [3.8, 4) is 0 Å². The van der Waals surface area contributed by atoms with Crippen LogP contribution in [0.5, 0.6) is 0 Å². The minimum absolute atomic E-state index is 0.0685. The smallest absolute Gasteiger partial charge is 0.240 e. The van der Waals surface area contributed by atoms with Crippen LogP contribution < -0.4 is 4.72 Å². The van der Waals surface area contributed by atoms with Crippen molar-refractivity contribution in [2.75, 3.05) is 7.11 Å². The average molecular weight is 299 g/mol. The zero-order valence-electron chi connectivity index (χ0n) is 12.0. The van der Waals surface area contributed by atoms with Gasteiger partial charge in [-0.2, -0.15) is 0 Å². The third kappa shape index (κ3) is 2.74. The van der Waals surface area contributed by atoms with Gasteiger partial charge in [-0.1, -0.05) is 26.0 Å². The first-order valence-corrected chi connectivity index (χ1v) is 8.04. The zero-order chi connectivity index (χ0) is 15.0. The van der Waals surface area contributed by atoms with E-state index in [9.17, 15) is 8.42 Å². The fourth-order valence-electron chi connectivity index (χ4n) is 2.55. The lowest BCUT2D eigenvalue weighted by molar-refractivity contribution is -0.0908. The highest BCUT2D eigenvalue weighted by Crippen LogP contribution is 2.43. The van der Waals surface area contributed by atoms with E-state index >= 15 is 0 Å². The molecule has 0 aromatic heterocycles. The molecule has 6 heteroatoms. The van der Waals surface area contributed by atoms with Gasteiger partial charge in [-0.05, 0) is 24.1 Å². The van der Waals surface area contributed by atoms with Crippen molar-refractivity contribution in [2.45, 2.75) is 43.9 Å². The first-order chi connectivity index (χ1) is 9.31. The lowest BCUT2D eigenvalue weighted by Gasteiger charge is -2.50. The number of ether oxygens (including phenoxy) is 1. The Morgan fingerprint density at radius 2 is 2.15 bits per heavy atom. The summed E-state index contributed by atoms with van der Waals surface area (Å²) in [6, 6.07) is 6.19.